The standard InChI is InChI=1S/C14H26N2O/c1-12(2)10(13(12,3)4)16-11(17)14(5)7-6-8-15-9-14/h10,15H,6-9H2,1-5H3,(H,16,17). The molecule has 2 rings (SSSR count). The van der Waals surface area contributed by atoms with Gasteiger partial charge in [0.2, 0.25) is 5.91 Å². The maximum atomic E-state index is 12.4. The quantitative estimate of drug-likeness (QED) is 0.772. The van der Waals surface area contributed by atoms with Crippen molar-refractivity contribution in [2.45, 2.75) is 53.5 Å². The van der Waals surface area contributed by atoms with Gasteiger partial charge in [-0.2, -0.15) is 0 Å². The molecular weight excluding hydrogens is 212 g/mol. The first-order chi connectivity index (χ1) is 7.72. The Kier molecular flexibility index (Phi) is 2.81. The van der Waals surface area contributed by atoms with E-state index in [-0.39, 0.29) is 22.2 Å². The van der Waals surface area contributed by atoms with Gasteiger partial charge in [-0.15, -0.1) is 0 Å². The van der Waals surface area contributed by atoms with Crippen LogP contribution in [0.1, 0.15) is 47.5 Å². The lowest BCUT2D eigenvalue weighted by Crippen LogP contribution is -2.50. The van der Waals surface area contributed by atoms with Crippen LogP contribution >= 0.6 is 0 Å². The molecule has 0 radical (unpaired) electrons. The molecule has 0 bridgehead atoms. The van der Waals surface area contributed by atoms with E-state index in [2.05, 4.69) is 45.3 Å². The van der Waals surface area contributed by atoms with Crippen LogP contribution in [0.25, 0.3) is 0 Å². The van der Waals surface area contributed by atoms with Crippen molar-refractivity contribution >= 4 is 5.91 Å². The summed E-state index contributed by atoms with van der Waals surface area (Å²) in [5, 5.41) is 6.60. The summed E-state index contributed by atoms with van der Waals surface area (Å²) in [7, 11) is 0. The highest BCUT2D eigenvalue weighted by Gasteiger charge is 2.65. The number of hydrogen-bond donors (Lipinski definition) is 2. The molecule has 1 aliphatic heterocycles. The summed E-state index contributed by atoms with van der Waals surface area (Å²) < 4.78 is 0. The molecule has 0 aromatic rings. The van der Waals surface area contributed by atoms with Crippen molar-refractivity contribution in [1.29, 1.82) is 0 Å². The monoisotopic (exact) mass is 238 g/mol. The molecule has 98 valence electrons. The van der Waals surface area contributed by atoms with Crippen LogP contribution in [0.2, 0.25) is 0 Å². The molecular formula is C14H26N2O. The highest BCUT2D eigenvalue weighted by Crippen LogP contribution is 2.62. The third-order valence-corrected chi connectivity index (χ3v) is 5.44. The Balaban J connectivity index is 1.99. The largest absolute Gasteiger partial charge is 0.352 e. The molecule has 1 heterocycles. The molecule has 0 aromatic carbocycles. The first-order valence-electron chi connectivity index (χ1n) is 6.73. The summed E-state index contributed by atoms with van der Waals surface area (Å²) in [6, 6.07) is 0.321. The molecule has 3 nitrogen and oxygen atoms in total. The second kappa shape index (κ2) is 3.71. The van der Waals surface area contributed by atoms with Crippen molar-refractivity contribution in [3.8, 4) is 0 Å². The lowest BCUT2D eigenvalue weighted by Gasteiger charge is -2.33. The minimum absolute atomic E-state index is 0.215. The second-order valence-corrected chi connectivity index (χ2v) is 7.19. The molecule has 0 spiro atoms. The van der Waals surface area contributed by atoms with E-state index >= 15 is 0 Å². The highest BCUT2D eigenvalue weighted by molar-refractivity contribution is 5.83. The van der Waals surface area contributed by atoms with Gasteiger partial charge in [0.25, 0.3) is 0 Å². The van der Waals surface area contributed by atoms with Crippen LogP contribution in [0.5, 0.6) is 0 Å². The van der Waals surface area contributed by atoms with Gasteiger partial charge in [-0.25, -0.2) is 0 Å². The van der Waals surface area contributed by atoms with E-state index in [1.165, 1.54) is 0 Å². The van der Waals surface area contributed by atoms with Gasteiger partial charge in [-0.05, 0) is 37.1 Å². The van der Waals surface area contributed by atoms with Gasteiger partial charge in [0.15, 0.2) is 0 Å². The van der Waals surface area contributed by atoms with Crippen LogP contribution in [0.3, 0.4) is 0 Å². The van der Waals surface area contributed by atoms with Crippen LogP contribution in [0.15, 0.2) is 0 Å². The normalized spacial score (nSPS) is 35.4. The van der Waals surface area contributed by atoms with E-state index in [4.69, 9.17) is 0 Å². The lowest BCUT2D eigenvalue weighted by atomic mass is 9.82. The molecule has 1 amide bonds. The van der Waals surface area contributed by atoms with Gasteiger partial charge in [0, 0.05) is 12.6 Å². The second-order valence-electron chi connectivity index (χ2n) is 7.19. The van der Waals surface area contributed by atoms with Crippen LogP contribution < -0.4 is 10.6 Å². The SMILES string of the molecule is CC1(C(=O)NC2C(C)(C)C2(C)C)CCCNC1. The third-order valence-electron chi connectivity index (χ3n) is 5.44. The maximum absolute atomic E-state index is 12.4. The predicted molar refractivity (Wildman–Crippen MR) is 69.7 cm³/mol. The number of carbonyl (C=O) groups excluding carboxylic acids is 1. The number of hydrogen-bond acceptors (Lipinski definition) is 2. The molecule has 17 heavy (non-hydrogen) atoms. The predicted octanol–water partition coefficient (Wildman–Crippen LogP) is 1.93. The van der Waals surface area contributed by atoms with Crippen molar-refractivity contribution in [1.82, 2.24) is 10.6 Å². The van der Waals surface area contributed by atoms with E-state index in [0.29, 0.717) is 6.04 Å². The van der Waals surface area contributed by atoms with Crippen LogP contribution in [0, 0.1) is 16.2 Å². The number of amides is 1. The van der Waals surface area contributed by atoms with E-state index in [0.717, 1.165) is 25.9 Å². The first-order valence-corrected chi connectivity index (χ1v) is 6.73. The first kappa shape index (κ1) is 12.9. The number of rotatable bonds is 2. The minimum atomic E-state index is -0.215. The Bertz CT molecular complexity index is 313. The fourth-order valence-corrected chi connectivity index (χ4v) is 3.11. The Morgan fingerprint density at radius 3 is 2.18 bits per heavy atom. The Morgan fingerprint density at radius 1 is 1.18 bits per heavy atom. The Morgan fingerprint density at radius 2 is 1.76 bits per heavy atom. The van der Waals surface area contributed by atoms with Gasteiger partial charge in [-0.3, -0.25) is 4.79 Å². The summed E-state index contributed by atoms with van der Waals surface area (Å²) >= 11 is 0. The zero-order valence-corrected chi connectivity index (χ0v) is 11.8. The van der Waals surface area contributed by atoms with Crippen LogP contribution in [0.4, 0.5) is 0 Å². The summed E-state index contributed by atoms with van der Waals surface area (Å²) in [5.41, 5.74) is 0.231. The van der Waals surface area contributed by atoms with E-state index in [1.807, 2.05) is 0 Å². The van der Waals surface area contributed by atoms with Crippen molar-refractivity contribution in [3.05, 3.63) is 0 Å². The molecule has 1 saturated carbocycles. The van der Waals surface area contributed by atoms with E-state index in [1.54, 1.807) is 0 Å². The van der Waals surface area contributed by atoms with Gasteiger partial charge in [0.05, 0.1) is 5.41 Å². The third kappa shape index (κ3) is 1.88. The van der Waals surface area contributed by atoms with Crippen molar-refractivity contribution in [2.24, 2.45) is 16.2 Å². The van der Waals surface area contributed by atoms with Crippen molar-refractivity contribution < 1.29 is 4.79 Å². The number of nitrogens with one attached hydrogen (secondary N) is 2. The fourth-order valence-electron chi connectivity index (χ4n) is 3.11. The minimum Gasteiger partial charge on any atom is -0.352 e. The molecule has 3 heteroatoms. The molecule has 2 aliphatic rings. The molecule has 1 aliphatic carbocycles. The average molecular weight is 238 g/mol. The molecule has 0 aromatic heterocycles. The Labute approximate surface area is 105 Å². The molecule has 2 fully saturated rings. The van der Waals surface area contributed by atoms with Crippen molar-refractivity contribution in [2.75, 3.05) is 13.1 Å². The Hall–Kier alpha value is -0.570. The molecule has 1 unspecified atom stereocenters. The van der Waals surface area contributed by atoms with Gasteiger partial charge >= 0.3 is 0 Å². The smallest absolute Gasteiger partial charge is 0.227 e. The highest BCUT2D eigenvalue weighted by atomic mass is 16.2. The summed E-state index contributed by atoms with van der Waals surface area (Å²) in [5.74, 6) is 0.230. The van der Waals surface area contributed by atoms with Gasteiger partial charge < -0.3 is 10.6 Å². The molecule has 2 N–H and O–H groups in total. The lowest BCUT2D eigenvalue weighted by molar-refractivity contribution is -0.131. The van der Waals surface area contributed by atoms with Gasteiger partial charge in [0.1, 0.15) is 0 Å². The zero-order valence-electron chi connectivity index (χ0n) is 11.8. The topological polar surface area (TPSA) is 41.1 Å². The van der Waals surface area contributed by atoms with E-state index < -0.39 is 0 Å². The summed E-state index contributed by atoms with van der Waals surface area (Å²) in [4.78, 5) is 12.4. The molecule has 1 saturated heterocycles. The number of piperidine rings is 1. The summed E-state index contributed by atoms with van der Waals surface area (Å²) in [6.45, 7) is 12.9. The zero-order chi connectivity index (χ0) is 12.9. The molecule has 1 atom stereocenters. The average Bonchev–Trinajstić information content (AvgIpc) is 2.62. The van der Waals surface area contributed by atoms with E-state index in [9.17, 15) is 4.79 Å². The van der Waals surface area contributed by atoms with Crippen LogP contribution in [-0.2, 0) is 4.79 Å². The van der Waals surface area contributed by atoms with Crippen molar-refractivity contribution in [3.63, 3.8) is 0 Å². The fraction of sp³-hybridized carbons (Fsp3) is 0.929. The maximum Gasteiger partial charge on any atom is 0.227 e. The van der Waals surface area contributed by atoms with Gasteiger partial charge in [-0.1, -0.05) is 27.7 Å². The van der Waals surface area contributed by atoms with Crippen LogP contribution in [-0.4, -0.2) is 25.0 Å². The number of carbonyl (C=O) groups is 1. The summed E-state index contributed by atoms with van der Waals surface area (Å²) in [6.07, 6.45) is 2.10.